The molecule has 1 aliphatic heterocycles. The van der Waals surface area contributed by atoms with Gasteiger partial charge in [0.25, 0.3) is 0 Å². The van der Waals surface area contributed by atoms with Crippen molar-refractivity contribution in [2.45, 2.75) is 21.9 Å². The molecule has 3 rings (SSSR count). The van der Waals surface area contributed by atoms with Crippen molar-refractivity contribution in [3.63, 3.8) is 0 Å². The average molecular weight is 419 g/mol. The van der Waals surface area contributed by atoms with Gasteiger partial charge in [0.2, 0.25) is 5.91 Å². The number of rotatable bonds is 6. The third-order valence-electron chi connectivity index (χ3n) is 4.02. The van der Waals surface area contributed by atoms with Crippen LogP contribution in [0, 0.1) is 0 Å². The Labute approximate surface area is 171 Å². The molecule has 0 aromatic heterocycles. The summed E-state index contributed by atoms with van der Waals surface area (Å²) < 4.78 is 5.41. The zero-order valence-corrected chi connectivity index (χ0v) is 17.0. The average Bonchev–Trinajstić information content (AvgIpc) is 2.95. The maximum atomic E-state index is 13.0. The number of benzene rings is 2. The van der Waals surface area contributed by atoms with Gasteiger partial charge in [-0.25, -0.2) is 0 Å². The number of nitrogen functional groups attached to an aromatic ring is 1. The first-order valence-corrected chi connectivity index (χ1v) is 10.3. The number of methoxy groups -OCH3 is 1. The standard InChI is InChI=1S/C19H18N2O3S3/c1-24-18(23)16(26-14-10-6-5-9-13(14)20)15-17(22)21(19(25)27-15)11-12-7-3-2-4-8-12/h2-10,15-16H,11,20H2,1H3/t15-,16+/m1/s1. The topological polar surface area (TPSA) is 72.6 Å². The molecule has 140 valence electrons. The molecule has 0 unspecified atom stereocenters. The number of amides is 1. The number of carbonyl (C=O) groups is 2. The van der Waals surface area contributed by atoms with Crippen molar-refractivity contribution < 1.29 is 14.3 Å². The molecule has 1 amide bonds. The van der Waals surface area contributed by atoms with Crippen LogP contribution >= 0.6 is 35.7 Å². The lowest BCUT2D eigenvalue weighted by atomic mass is 10.2. The lowest BCUT2D eigenvalue weighted by Crippen LogP contribution is -2.38. The minimum atomic E-state index is -0.740. The van der Waals surface area contributed by atoms with E-state index in [1.54, 1.807) is 11.0 Å². The molecule has 1 aliphatic rings. The molecule has 0 aliphatic carbocycles. The minimum Gasteiger partial charge on any atom is -0.468 e. The highest BCUT2D eigenvalue weighted by Crippen LogP contribution is 2.40. The van der Waals surface area contributed by atoms with E-state index in [4.69, 9.17) is 22.7 Å². The van der Waals surface area contributed by atoms with Crippen LogP contribution in [0.4, 0.5) is 5.69 Å². The second kappa shape index (κ2) is 8.77. The van der Waals surface area contributed by atoms with Crippen LogP contribution in [0.2, 0.25) is 0 Å². The molecule has 0 spiro atoms. The summed E-state index contributed by atoms with van der Waals surface area (Å²) in [5.74, 6) is -0.662. The Morgan fingerprint density at radius 1 is 1.26 bits per heavy atom. The minimum absolute atomic E-state index is 0.189. The first-order chi connectivity index (χ1) is 13.0. The Morgan fingerprint density at radius 2 is 1.93 bits per heavy atom. The quantitative estimate of drug-likeness (QED) is 0.334. The molecule has 8 heteroatoms. The third kappa shape index (κ3) is 4.45. The van der Waals surface area contributed by atoms with Crippen LogP contribution < -0.4 is 5.73 Å². The fourth-order valence-electron chi connectivity index (χ4n) is 2.64. The molecule has 5 nitrogen and oxygen atoms in total. The Hall–Kier alpha value is -2.03. The van der Waals surface area contributed by atoms with E-state index >= 15 is 0 Å². The van der Waals surface area contributed by atoms with Crippen molar-refractivity contribution in [1.29, 1.82) is 0 Å². The normalized spacial score (nSPS) is 17.8. The third-order valence-corrected chi connectivity index (χ3v) is 7.20. The van der Waals surface area contributed by atoms with Crippen molar-refractivity contribution >= 4 is 57.6 Å². The van der Waals surface area contributed by atoms with Gasteiger partial charge in [0.05, 0.1) is 13.7 Å². The number of esters is 1. The van der Waals surface area contributed by atoms with Crippen LogP contribution in [0.5, 0.6) is 0 Å². The summed E-state index contributed by atoms with van der Waals surface area (Å²) in [4.78, 5) is 27.7. The molecule has 2 aromatic rings. The molecular weight excluding hydrogens is 400 g/mol. The van der Waals surface area contributed by atoms with Crippen LogP contribution in [-0.2, 0) is 20.9 Å². The summed E-state index contributed by atoms with van der Waals surface area (Å²) in [5, 5.41) is -1.39. The second-order valence-electron chi connectivity index (χ2n) is 5.81. The second-order valence-corrected chi connectivity index (χ2v) is 8.77. The summed E-state index contributed by atoms with van der Waals surface area (Å²) in [6, 6.07) is 16.8. The number of ether oxygens (including phenoxy) is 1. The van der Waals surface area contributed by atoms with E-state index in [9.17, 15) is 9.59 Å². The highest BCUT2D eigenvalue weighted by molar-refractivity contribution is 8.24. The largest absolute Gasteiger partial charge is 0.468 e. The van der Waals surface area contributed by atoms with Gasteiger partial charge >= 0.3 is 5.97 Å². The molecule has 1 fully saturated rings. The van der Waals surface area contributed by atoms with Crippen molar-refractivity contribution in [3.05, 3.63) is 60.2 Å². The molecule has 27 heavy (non-hydrogen) atoms. The van der Waals surface area contributed by atoms with E-state index in [1.165, 1.54) is 30.6 Å². The van der Waals surface area contributed by atoms with E-state index in [2.05, 4.69) is 0 Å². The molecule has 2 N–H and O–H groups in total. The fourth-order valence-corrected chi connectivity index (χ4v) is 5.47. The Balaban J connectivity index is 1.82. The fraction of sp³-hybridized carbons (Fsp3) is 0.211. The van der Waals surface area contributed by atoms with E-state index in [0.29, 0.717) is 16.6 Å². The molecule has 2 atom stereocenters. The zero-order chi connectivity index (χ0) is 19.4. The van der Waals surface area contributed by atoms with Gasteiger partial charge in [-0.3, -0.25) is 14.5 Å². The zero-order valence-electron chi connectivity index (χ0n) is 14.5. The van der Waals surface area contributed by atoms with Gasteiger partial charge in [-0.05, 0) is 17.7 Å². The van der Waals surface area contributed by atoms with Gasteiger partial charge in [0.15, 0.2) is 0 Å². The molecule has 0 saturated carbocycles. The van der Waals surface area contributed by atoms with Gasteiger partial charge < -0.3 is 10.5 Å². The number of nitrogens with zero attached hydrogens (tertiary/aromatic N) is 1. The number of anilines is 1. The predicted molar refractivity (Wildman–Crippen MR) is 113 cm³/mol. The van der Waals surface area contributed by atoms with E-state index < -0.39 is 16.5 Å². The molecule has 1 saturated heterocycles. The molecule has 0 radical (unpaired) electrons. The number of carbonyl (C=O) groups excluding carboxylic acids is 2. The Kier molecular flexibility index (Phi) is 6.41. The Morgan fingerprint density at radius 3 is 2.59 bits per heavy atom. The summed E-state index contributed by atoms with van der Waals surface area (Å²) in [7, 11) is 1.31. The smallest absolute Gasteiger partial charge is 0.320 e. The van der Waals surface area contributed by atoms with Crippen LogP contribution in [0.1, 0.15) is 5.56 Å². The van der Waals surface area contributed by atoms with Crippen molar-refractivity contribution in [3.8, 4) is 0 Å². The van der Waals surface area contributed by atoms with Crippen LogP contribution in [-0.4, -0.2) is 38.7 Å². The maximum absolute atomic E-state index is 13.0. The Bertz CT molecular complexity index is 860. The van der Waals surface area contributed by atoms with Gasteiger partial charge in [0, 0.05) is 10.6 Å². The van der Waals surface area contributed by atoms with Gasteiger partial charge in [0.1, 0.15) is 14.8 Å². The monoisotopic (exact) mass is 418 g/mol. The van der Waals surface area contributed by atoms with Gasteiger partial charge in [-0.1, -0.05) is 66.4 Å². The first kappa shape index (κ1) is 19.7. The first-order valence-electron chi connectivity index (χ1n) is 8.16. The lowest BCUT2D eigenvalue weighted by Gasteiger charge is -2.20. The van der Waals surface area contributed by atoms with Crippen molar-refractivity contribution in [1.82, 2.24) is 4.90 Å². The van der Waals surface area contributed by atoms with Crippen molar-refractivity contribution in [2.24, 2.45) is 0 Å². The van der Waals surface area contributed by atoms with Crippen molar-refractivity contribution in [2.75, 3.05) is 12.8 Å². The maximum Gasteiger partial charge on any atom is 0.320 e. The summed E-state index contributed by atoms with van der Waals surface area (Å²) in [6.07, 6.45) is 0. The number of para-hydroxylation sites is 1. The highest BCUT2D eigenvalue weighted by atomic mass is 32.2. The summed E-state index contributed by atoms with van der Waals surface area (Å²) in [6.45, 7) is 0.383. The number of thioether (sulfide) groups is 2. The number of thiocarbonyl (C=S) groups is 1. The summed E-state index contributed by atoms with van der Waals surface area (Å²) in [5.41, 5.74) is 7.53. The van der Waals surface area contributed by atoms with E-state index in [-0.39, 0.29) is 5.91 Å². The predicted octanol–water partition coefficient (Wildman–Crippen LogP) is 3.33. The number of nitrogens with two attached hydrogens (primary N) is 1. The van der Waals surface area contributed by atoms with Crippen LogP contribution in [0.15, 0.2) is 59.5 Å². The SMILES string of the molecule is COC(=O)[C@@H](Sc1ccccc1N)[C@H]1SC(=S)N(Cc2ccccc2)C1=O. The van der Waals surface area contributed by atoms with Crippen LogP contribution in [0.3, 0.4) is 0 Å². The van der Waals surface area contributed by atoms with Gasteiger partial charge in [-0.15, -0.1) is 11.8 Å². The lowest BCUT2D eigenvalue weighted by molar-refractivity contribution is -0.141. The molecule has 1 heterocycles. The number of hydrogen-bond donors (Lipinski definition) is 1. The molecular formula is C19H18N2O3S3. The molecule has 0 bridgehead atoms. The van der Waals surface area contributed by atoms with E-state index in [1.807, 2.05) is 48.5 Å². The highest BCUT2D eigenvalue weighted by Gasteiger charge is 2.45. The van der Waals surface area contributed by atoms with Gasteiger partial charge in [-0.2, -0.15) is 0 Å². The molecule has 2 aromatic carbocycles. The van der Waals surface area contributed by atoms with Crippen LogP contribution in [0.25, 0.3) is 0 Å². The van der Waals surface area contributed by atoms with E-state index in [0.717, 1.165) is 10.5 Å². The summed E-state index contributed by atoms with van der Waals surface area (Å²) >= 11 is 7.86. The number of hydrogen-bond acceptors (Lipinski definition) is 7.